The van der Waals surface area contributed by atoms with Crippen molar-refractivity contribution in [2.24, 2.45) is 11.3 Å². The minimum Gasteiger partial charge on any atom is -0.198 e. The van der Waals surface area contributed by atoms with Crippen LogP contribution in [-0.2, 0) is 0 Å². The van der Waals surface area contributed by atoms with E-state index in [1.54, 1.807) is 0 Å². The quantitative estimate of drug-likeness (QED) is 0.611. The van der Waals surface area contributed by atoms with E-state index in [1.165, 1.54) is 19.3 Å². The van der Waals surface area contributed by atoms with Gasteiger partial charge in [-0.25, -0.2) is 0 Å². The van der Waals surface area contributed by atoms with Gasteiger partial charge < -0.3 is 0 Å². The predicted molar refractivity (Wildman–Crippen MR) is 52.7 cm³/mol. The number of hydrogen-bond donors (Lipinski definition) is 0. The third-order valence-electron chi connectivity index (χ3n) is 2.40. The van der Waals surface area contributed by atoms with Gasteiger partial charge in [0.05, 0.1) is 6.07 Å². The minimum atomic E-state index is 0.223. The zero-order chi connectivity index (χ0) is 9.61. The van der Waals surface area contributed by atoms with Gasteiger partial charge in [0.15, 0.2) is 0 Å². The molecule has 1 unspecified atom stereocenters. The zero-order valence-corrected chi connectivity index (χ0v) is 8.85. The molecular formula is C11H21N. The van der Waals surface area contributed by atoms with E-state index in [9.17, 15) is 0 Å². The summed E-state index contributed by atoms with van der Waals surface area (Å²) in [5.41, 5.74) is 0.430. The first-order valence-electron chi connectivity index (χ1n) is 4.91. The van der Waals surface area contributed by atoms with E-state index >= 15 is 0 Å². The maximum absolute atomic E-state index is 8.61. The van der Waals surface area contributed by atoms with Crippen molar-refractivity contribution in [3.63, 3.8) is 0 Å². The molecule has 0 saturated carbocycles. The molecule has 0 aromatic rings. The maximum Gasteiger partial charge on any atom is 0.0652 e. The van der Waals surface area contributed by atoms with E-state index in [1.807, 2.05) is 6.92 Å². The highest BCUT2D eigenvalue weighted by Crippen LogP contribution is 2.29. The molecule has 0 aromatic heterocycles. The van der Waals surface area contributed by atoms with Crippen molar-refractivity contribution >= 4 is 0 Å². The highest BCUT2D eigenvalue weighted by molar-refractivity contribution is 4.80. The summed E-state index contributed by atoms with van der Waals surface area (Å²) >= 11 is 0. The summed E-state index contributed by atoms with van der Waals surface area (Å²) in [7, 11) is 0. The number of nitrogens with zero attached hydrogens (tertiary/aromatic N) is 1. The molecule has 0 N–H and O–H groups in total. The molecule has 0 amide bonds. The van der Waals surface area contributed by atoms with Crippen molar-refractivity contribution in [2.45, 2.75) is 53.4 Å². The van der Waals surface area contributed by atoms with Crippen LogP contribution in [0.5, 0.6) is 0 Å². The largest absolute Gasteiger partial charge is 0.198 e. The first-order chi connectivity index (χ1) is 5.52. The van der Waals surface area contributed by atoms with E-state index in [0.29, 0.717) is 5.41 Å². The normalized spacial score (nSPS) is 13.9. The SMILES string of the molecule is CCCC(C)(C)CCC(C)C#N. The third kappa shape index (κ3) is 5.18. The third-order valence-corrected chi connectivity index (χ3v) is 2.40. The molecule has 0 aromatic carbocycles. The van der Waals surface area contributed by atoms with Gasteiger partial charge in [-0.3, -0.25) is 0 Å². The zero-order valence-electron chi connectivity index (χ0n) is 8.85. The minimum absolute atomic E-state index is 0.223. The average molecular weight is 167 g/mol. The fourth-order valence-electron chi connectivity index (χ4n) is 1.47. The molecular weight excluding hydrogens is 146 g/mol. The van der Waals surface area contributed by atoms with Crippen LogP contribution in [-0.4, -0.2) is 0 Å². The fourth-order valence-corrected chi connectivity index (χ4v) is 1.47. The number of rotatable bonds is 5. The van der Waals surface area contributed by atoms with E-state index in [4.69, 9.17) is 5.26 Å². The Kier molecular flexibility index (Phi) is 4.97. The molecule has 0 rings (SSSR count). The van der Waals surface area contributed by atoms with Gasteiger partial charge in [-0.2, -0.15) is 5.26 Å². The van der Waals surface area contributed by atoms with Crippen molar-refractivity contribution in [3.8, 4) is 6.07 Å². The second-order valence-corrected chi connectivity index (χ2v) is 4.48. The van der Waals surface area contributed by atoms with Crippen molar-refractivity contribution in [1.29, 1.82) is 5.26 Å². The van der Waals surface area contributed by atoms with Crippen LogP contribution in [0.4, 0.5) is 0 Å². The molecule has 12 heavy (non-hydrogen) atoms. The Labute approximate surface area is 76.8 Å². The lowest BCUT2D eigenvalue weighted by Gasteiger charge is -2.24. The summed E-state index contributed by atoms with van der Waals surface area (Å²) in [5.74, 6) is 0.223. The first-order valence-corrected chi connectivity index (χ1v) is 4.91. The molecule has 1 atom stereocenters. The Morgan fingerprint density at radius 3 is 2.33 bits per heavy atom. The molecule has 0 aliphatic heterocycles. The lowest BCUT2D eigenvalue weighted by atomic mass is 9.81. The summed E-state index contributed by atoms with van der Waals surface area (Å²) in [6, 6.07) is 2.28. The molecule has 70 valence electrons. The standard InChI is InChI=1S/C11H21N/c1-5-7-11(3,4)8-6-10(2)9-12/h10H,5-8H2,1-4H3. The van der Waals surface area contributed by atoms with Crippen molar-refractivity contribution in [1.82, 2.24) is 0 Å². The molecule has 0 aliphatic rings. The predicted octanol–water partition coefficient (Wildman–Crippen LogP) is 3.75. The molecule has 0 radical (unpaired) electrons. The molecule has 1 heteroatoms. The van der Waals surface area contributed by atoms with Crippen LogP contribution in [0.2, 0.25) is 0 Å². The van der Waals surface area contributed by atoms with Crippen LogP contribution >= 0.6 is 0 Å². The van der Waals surface area contributed by atoms with Crippen LogP contribution in [0.3, 0.4) is 0 Å². The fraction of sp³-hybridized carbons (Fsp3) is 0.909. The van der Waals surface area contributed by atoms with E-state index in [0.717, 1.165) is 6.42 Å². The van der Waals surface area contributed by atoms with Crippen molar-refractivity contribution in [3.05, 3.63) is 0 Å². The van der Waals surface area contributed by atoms with Crippen LogP contribution in [0, 0.1) is 22.7 Å². The van der Waals surface area contributed by atoms with Gasteiger partial charge in [0.1, 0.15) is 0 Å². The Balaban J connectivity index is 3.68. The number of nitriles is 1. The maximum atomic E-state index is 8.61. The van der Waals surface area contributed by atoms with Crippen LogP contribution in [0.25, 0.3) is 0 Å². The lowest BCUT2D eigenvalue weighted by molar-refractivity contribution is 0.285. The Bertz CT molecular complexity index is 153. The van der Waals surface area contributed by atoms with Gasteiger partial charge in [0, 0.05) is 5.92 Å². The topological polar surface area (TPSA) is 23.8 Å². The van der Waals surface area contributed by atoms with E-state index in [2.05, 4.69) is 26.8 Å². The van der Waals surface area contributed by atoms with E-state index in [-0.39, 0.29) is 5.92 Å². The van der Waals surface area contributed by atoms with Crippen LogP contribution in [0.15, 0.2) is 0 Å². The molecule has 0 aliphatic carbocycles. The molecule has 0 spiro atoms. The van der Waals surface area contributed by atoms with Crippen LogP contribution in [0.1, 0.15) is 53.4 Å². The Hall–Kier alpha value is -0.510. The van der Waals surface area contributed by atoms with Crippen molar-refractivity contribution in [2.75, 3.05) is 0 Å². The highest BCUT2D eigenvalue weighted by atomic mass is 14.3. The molecule has 0 heterocycles. The molecule has 0 fully saturated rings. The molecule has 0 bridgehead atoms. The highest BCUT2D eigenvalue weighted by Gasteiger charge is 2.17. The van der Waals surface area contributed by atoms with E-state index < -0.39 is 0 Å². The molecule has 1 nitrogen and oxygen atoms in total. The number of hydrogen-bond acceptors (Lipinski definition) is 1. The van der Waals surface area contributed by atoms with Gasteiger partial charge in [-0.15, -0.1) is 0 Å². The van der Waals surface area contributed by atoms with Gasteiger partial charge in [0.2, 0.25) is 0 Å². The lowest BCUT2D eigenvalue weighted by Crippen LogP contribution is -2.11. The summed E-state index contributed by atoms with van der Waals surface area (Å²) in [5, 5.41) is 8.61. The van der Waals surface area contributed by atoms with Gasteiger partial charge >= 0.3 is 0 Å². The van der Waals surface area contributed by atoms with Gasteiger partial charge in [-0.05, 0) is 31.6 Å². The summed E-state index contributed by atoms with van der Waals surface area (Å²) < 4.78 is 0. The Morgan fingerprint density at radius 1 is 1.33 bits per heavy atom. The monoisotopic (exact) mass is 167 g/mol. The van der Waals surface area contributed by atoms with Crippen molar-refractivity contribution < 1.29 is 0 Å². The summed E-state index contributed by atoms with van der Waals surface area (Å²) in [6.45, 7) is 8.80. The first kappa shape index (κ1) is 11.5. The van der Waals surface area contributed by atoms with Gasteiger partial charge in [0.25, 0.3) is 0 Å². The summed E-state index contributed by atoms with van der Waals surface area (Å²) in [6.07, 6.45) is 4.73. The second kappa shape index (κ2) is 5.19. The average Bonchev–Trinajstić information content (AvgIpc) is 2.00. The Morgan fingerprint density at radius 2 is 1.92 bits per heavy atom. The molecule has 0 saturated heterocycles. The van der Waals surface area contributed by atoms with Crippen LogP contribution < -0.4 is 0 Å². The second-order valence-electron chi connectivity index (χ2n) is 4.48. The smallest absolute Gasteiger partial charge is 0.0652 e. The van der Waals surface area contributed by atoms with Gasteiger partial charge in [-0.1, -0.05) is 27.2 Å². The summed E-state index contributed by atoms with van der Waals surface area (Å²) in [4.78, 5) is 0.